The molecular weight excluding hydrogens is 304 g/mol. The van der Waals surface area contributed by atoms with Crippen LogP contribution < -0.4 is 18.9 Å². The quantitative estimate of drug-likeness (QED) is 0.825. The van der Waals surface area contributed by atoms with E-state index in [1.165, 1.54) is 11.1 Å². The van der Waals surface area contributed by atoms with Crippen LogP contribution in [0.4, 0.5) is 0 Å². The maximum absolute atomic E-state index is 5.47. The standard InChI is InChI=1S/C20H22O4/c1-13(7-15-3-5-17-19(9-15)23-11-21-17)14(2)8-16-4-6-18-20(10-16)24-12-22-18/h3-6,9-10,13-14H,7-8,11-12H2,1-2H3/t13-,14+. The molecule has 2 heterocycles. The molecule has 0 fully saturated rings. The average molecular weight is 326 g/mol. The molecule has 0 N–H and O–H groups in total. The van der Waals surface area contributed by atoms with Gasteiger partial charge in [0.05, 0.1) is 0 Å². The van der Waals surface area contributed by atoms with Crippen LogP contribution in [-0.4, -0.2) is 13.6 Å². The summed E-state index contributed by atoms with van der Waals surface area (Å²) in [6.07, 6.45) is 2.06. The van der Waals surface area contributed by atoms with Gasteiger partial charge in [-0.25, -0.2) is 0 Å². The normalized spacial score (nSPS) is 16.9. The fourth-order valence-electron chi connectivity index (χ4n) is 3.28. The summed E-state index contributed by atoms with van der Waals surface area (Å²) in [5, 5.41) is 0. The Balaban J connectivity index is 1.40. The van der Waals surface area contributed by atoms with Gasteiger partial charge in [0.15, 0.2) is 23.0 Å². The molecule has 0 spiro atoms. The Morgan fingerprint density at radius 2 is 1.08 bits per heavy atom. The second-order valence-corrected chi connectivity index (χ2v) is 6.74. The molecule has 0 unspecified atom stereocenters. The molecule has 2 atom stereocenters. The Morgan fingerprint density at radius 1 is 0.667 bits per heavy atom. The van der Waals surface area contributed by atoms with Crippen molar-refractivity contribution in [2.45, 2.75) is 26.7 Å². The zero-order valence-corrected chi connectivity index (χ0v) is 14.1. The smallest absolute Gasteiger partial charge is 0.231 e. The summed E-state index contributed by atoms with van der Waals surface area (Å²) < 4.78 is 21.7. The van der Waals surface area contributed by atoms with Gasteiger partial charge in [-0.3, -0.25) is 0 Å². The molecule has 2 aromatic carbocycles. The molecule has 0 saturated carbocycles. The Labute approximate surface area is 142 Å². The molecule has 0 bridgehead atoms. The zero-order chi connectivity index (χ0) is 16.5. The van der Waals surface area contributed by atoms with E-state index in [0.717, 1.165) is 35.8 Å². The monoisotopic (exact) mass is 326 g/mol. The summed E-state index contributed by atoms with van der Waals surface area (Å²) in [4.78, 5) is 0. The molecule has 0 radical (unpaired) electrons. The van der Waals surface area contributed by atoms with Crippen molar-refractivity contribution in [2.75, 3.05) is 13.6 Å². The number of hydrogen-bond acceptors (Lipinski definition) is 4. The van der Waals surface area contributed by atoms with Crippen molar-refractivity contribution in [1.29, 1.82) is 0 Å². The summed E-state index contributed by atoms with van der Waals surface area (Å²) in [5.74, 6) is 4.55. The van der Waals surface area contributed by atoms with Crippen molar-refractivity contribution in [1.82, 2.24) is 0 Å². The van der Waals surface area contributed by atoms with Crippen LogP contribution in [0.5, 0.6) is 23.0 Å². The third-order valence-electron chi connectivity index (χ3n) is 4.96. The van der Waals surface area contributed by atoms with E-state index in [9.17, 15) is 0 Å². The van der Waals surface area contributed by atoms with Gasteiger partial charge in [-0.05, 0) is 60.1 Å². The molecule has 4 nitrogen and oxygen atoms in total. The highest BCUT2D eigenvalue weighted by atomic mass is 16.7. The summed E-state index contributed by atoms with van der Waals surface area (Å²) in [7, 11) is 0. The second kappa shape index (κ2) is 6.27. The molecule has 4 heteroatoms. The summed E-state index contributed by atoms with van der Waals surface area (Å²) in [5.41, 5.74) is 2.59. The minimum atomic E-state index is 0.328. The fraction of sp³-hybridized carbons (Fsp3) is 0.400. The number of benzene rings is 2. The number of ether oxygens (including phenoxy) is 4. The summed E-state index contributed by atoms with van der Waals surface area (Å²) in [6, 6.07) is 12.5. The van der Waals surface area contributed by atoms with Gasteiger partial charge in [0.1, 0.15) is 0 Å². The van der Waals surface area contributed by atoms with Gasteiger partial charge in [0, 0.05) is 0 Å². The highest BCUT2D eigenvalue weighted by molar-refractivity contribution is 5.45. The van der Waals surface area contributed by atoms with Gasteiger partial charge in [0.25, 0.3) is 0 Å². The highest BCUT2D eigenvalue weighted by Gasteiger charge is 2.19. The van der Waals surface area contributed by atoms with Crippen LogP contribution >= 0.6 is 0 Å². The van der Waals surface area contributed by atoms with Crippen LogP contribution in [0, 0.1) is 11.8 Å². The van der Waals surface area contributed by atoms with E-state index in [1.807, 2.05) is 12.1 Å². The van der Waals surface area contributed by atoms with E-state index in [1.54, 1.807) is 0 Å². The Bertz CT molecular complexity index is 677. The van der Waals surface area contributed by atoms with Gasteiger partial charge in [-0.15, -0.1) is 0 Å². The van der Waals surface area contributed by atoms with Crippen LogP contribution in [0.2, 0.25) is 0 Å². The first-order valence-corrected chi connectivity index (χ1v) is 8.46. The van der Waals surface area contributed by atoms with E-state index in [2.05, 4.69) is 38.1 Å². The lowest BCUT2D eigenvalue weighted by atomic mass is 9.85. The molecule has 2 aromatic rings. The van der Waals surface area contributed by atoms with E-state index < -0.39 is 0 Å². The third-order valence-corrected chi connectivity index (χ3v) is 4.96. The first kappa shape index (κ1) is 15.2. The largest absolute Gasteiger partial charge is 0.454 e. The minimum absolute atomic E-state index is 0.328. The van der Waals surface area contributed by atoms with Crippen LogP contribution in [0.15, 0.2) is 36.4 Å². The summed E-state index contributed by atoms with van der Waals surface area (Å²) >= 11 is 0. The maximum atomic E-state index is 5.47. The van der Waals surface area contributed by atoms with Crippen LogP contribution in [0.25, 0.3) is 0 Å². The molecule has 2 aliphatic heterocycles. The number of rotatable bonds is 5. The van der Waals surface area contributed by atoms with Crippen molar-refractivity contribution in [3.8, 4) is 23.0 Å². The van der Waals surface area contributed by atoms with Gasteiger partial charge in [-0.1, -0.05) is 26.0 Å². The summed E-state index contributed by atoms with van der Waals surface area (Å²) in [6.45, 7) is 5.27. The van der Waals surface area contributed by atoms with Crippen LogP contribution in [-0.2, 0) is 12.8 Å². The molecule has 0 aromatic heterocycles. The van der Waals surface area contributed by atoms with Crippen LogP contribution in [0.3, 0.4) is 0 Å². The molecule has 2 aliphatic rings. The molecule has 0 aliphatic carbocycles. The maximum Gasteiger partial charge on any atom is 0.231 e. The molecular formula is C20H22O4. The van der Waals surface area contributed by atoms with E-state index in [0.29, 0.717) is 25.4 Å². The lowest BCUT2D eigenvalue weighted by Crippen LogP contribution is -2.13. The zero-order valence-electron chi connectivity index (χ0n) is 14.1. The molecule has 0 saturated heterocycles. The lowest BCUT2D eigenvalue weighted by molar-refractivity contribution is 0.173. The van der Waals surface area contributed by atoms with Gasteiger partial charge in [-0.2, -0.15) is 0 Å². The van der Waals surface area contributed by atoms with Crippen molar-refractivity contribution < 1.29 is 18.9 Å². The molecule has 24 heavy (non-hydrogen) atoms. The molecule has 4 rings (SSSR count). The van der Waals surface area contributed by atoms with Crippen molar-refractivity contribution in [3.63, 3.8) is 0 Å². The number of hydrogen-bond donors (Lipinski definition) is 0. The van der Waals surface area contributed by atoms with Crippen LogP contribution in [0.1, 0.15) is 25.0 Å². The van der Waals surface area contributed by atoms with E-state index in [-0.39, 0.29) is 0 Å². The molecule has 126 valence electrons. The Hall–Kier alpha value is -2.36. The lowest BCUT2D eigenvalue weighted by Gasteiger charge is -2.20. The van der Waals surface area contributed by atoms with Gasteiger partial charge in [0.2, 0.25) is 13.6 Å². The fourth-order valence-corrected chi connectivity index (χ4v) is 3.28. The predicted molar refractivity (Wildman–Crippen MR) is 90.9 cm³/mol. The van der Waals surface area contributed by atoms with Gasteiger partial charge < -0.3 is 18.9 Å². The third kappa shape index (κ3) is 3.01. The van der Waals surface area contributed by atoms with Crippen molar-refractivity contribution >= 4 is 0 Å². The number of fused-ring (bicyclic) bond motifs is 2. The van der Waals surface area contributed by atoms with Crippen molar-refractivity contribution in [2.24, 2.45) is 11.8 Å². The second-order valence-electron chi connectivity index (χ2n) is 6.74. The minimum Gasteiger partial charge on any atom is -0.454 e. The first-order valence-electron chi connectivity index (χ1n) is 8.46. The highest BCUT2D eigenvalue weighted by Crippen LogP contribution is 2.35. The van der Waals surface area contributed by atoms with E-state index in [4.69, 9.17) is 18.9 Å². The Morgan fingerprint density at radius 3 is 1.54 bits per heavy atom. The van der Waals surface area contributed by atoms with E-state index >= 15 is 0 Å². The Kier molecular flexibility index (Phi) is 3.97. The van der Waals surface area contributed by atoms with Crippen molar-refractivity contribution in [3.05, 3.63) is 47.5 Å². The van der Waals surface area contributed by atoms with Gasteiger partial charge >= 0.3 is 0 Å². The topological polar surface area (TPSA) is 36.9 Å². The molecule has 0 amide bonds. The first-order chi connectivity index (χ1) is 11.7. The average Bonchev–Trinajstić information content (AvgIpc) is 3.22. The predicted octanol–water partition coefficient (Wildman–Crippen LogP) is 4.20. The SMILES string of the molecule is C[C@H](Cc1ccc2c(c1)OCO2)[C@@H](C)Cc1ccc2c(c1)OCO2.